The number of hydrogen-bond acceptors (Lipinski definition) is 6. The Labute approximate surface area is 173 Å². The number of rotatable bonds is 6. The van der Waals surface area contributed by atoms with Gasteiger partial charge in [0, 0.05) is 48.0 Å². The minimum absolute atomic E-state index is 0.0561. The fourth-order valence-electron chi connectivity index (χ4n) is 3.65. The highest BCUT2D eigenvalue weighted by molar-refractivity contribution is 7.14. The molecule has 1 aromatic carbocycles. The number of carbonyl (C=O) groups excluding carboxylic acids is 1. The maximum Gasteiger partial charge on any atom is 0.240 e. The Hall–Kier alpha value is -2.84. The van der Waals surface area contributed by atoms with Gasteiger partial charge in [-0.05, 0) is 31.2 Å². The predicted octanol–water partition coefficient (Wildman–Crippen LogP) is 3.64. The molecule has 1 N–H and O–H groups in total. The van der Waals surface area contributed by atoms with Gasteiger partial charge in [-0.3, -0.25) is 9.69 Å². The van der Waals surface area contributed by atoms with E-state index in [1.54, 1.807) is 14.2 Å². The zero-order chi connectivity index (χ0) is 20.4. The quantitative estimate of drug-likeness (QED) is 0.669. The van der Waals surface area contributed by atoms with Gasteiger partial charge < -0.3 is 19.4 Å². The first-order valence-electron chi connectivity index (χ1n) is 9.46. The monoisotopic (exact) mass is 412 g/mol. The number of methoxy groups -OCH3 is 2. The Bertz CT molecular complexity index is 1010. The lowest BCUT2D eigenvalue weighted by Gasteiger charge is -2.34. The molecule has 1 atom stereocenters. The van der Waals surface area contributed by atoms with Crippen molar-refractivity contribution in [2.75, 3.05) is 32.6 Å². The van der Waals surface area contributed by atoms with Crippen molar-refractivity contribution in [3.63, 3.8) is 0 Å². The van der Waals surface area contributed by atoms with Crippen LogP contribution in [-0.4, -0.2) is 47.7 Å². The maximum absolute atomic E-state index is 12.6. The van der Waals surface area contributed by atoms with Gasteiger partial charge in [-0.25, -0.2) is 4.98 Å². The molecule has 4 rings (SSSR count). The minimum Gasteiger partial charge on any atom is -0.497 e. The number of benzene rings is 1. The Morgan fingerprint density at radius 1 is 1.28 bits per heavy atom. The van der Waals surface area contributed by atoms with E-state index < -0.39 is 0 Å². The Kier molecular flexibility index (Phi) is 5.55. The molecule has 0 bridgehead atoms. The van der Waals surface area contributed by atoms with Crippen LogP contribution in [0.15, 0.2) is 41.9 Å². The average Bonchev–Trinajstić information content (AvgIpc) is 3.39. The van der Waals surface area contributed by atoms with Gasteiger partial charge in [0.15, 0.2) is 5.13 Å². The van der Waals surface area contributed by atoms with Crippen molar-refractivity contribution >= 4 is 22.4 Å². The molecule has 0 aliphatic carbocycles. The van der Waals surface area contributed by atoms with E-state index in [0.29, 0.717) is 17.4 Å². The van der Waals surface area contributed by atoms with Gasteiger partial charge in [-0.1, -0.05) is 0 Å². The summed E-state index contributed by atoms with van der Waals surface area (Å²) in [5.41, 5.74) is 2.86. The lowest BCUT2D eigenvalue weighted by molar-refractivity contribution is -0.118. The van der Waals surface area contributed by atoms with Crippen LogP contribution in [0, 0.1) is 0 Å². The van der Waals surface area contributed by atoms with E-state index in [0.717, 1.165) is 30.1 Å². The fraction of sp³-hybridized carbons (Fsp3) is 0.333. The summed E-state index contributed by atoms with van der Waals surface area (Å²) in [6.07, 6.45) is 2.09. The van der Waals surface area contributed by atoms with E-state index in [-0.39, 0.29) is 11.9 Å². The molecular formula is C21H24N4O3S. The maximum atomic E-state index is 12.6. The largest absolute Gasteiger partial charge is 0.497 e. The molecule has 2 aromatic heterocycles. The molecule has 8 heteroatoms. The summed E-state index contributed by atoms with van der Waals surface area (Å²) >= 11 is 1.40. The molecule has 1 aliphatic heterocycles. The lowest BCUT2D eigenvalue weighted by Crippen LogP contribution is -2.41. The van der Waals surface area contributed by atoms with Gasteiger partial charge in [0.1, 0.15) is 11.5 Å². The second-order valence-electron chi connectivity index (χ2n) is 6.93. The highest BCUT2D eigenvalue weighted by Gasteiger charge is 2.25. The molecule has 0 saturated heterocycles. The molecule has 1 amide bonds. The van der Waals surface area contributed by atoms with Crippen molar-refractivity contribution in [3.05, 3.63) is 47.6 Å². The molecule has 0 saturated carbocycles. The molecule has 29 heavy (non-hydrogen) atoms. The van der Waals surface area contributed by atoms with Gasteiger partial charge in [0.05, 0.1) is 26.5 Å². The van der Waals surface area contributed by atoms with Crippen molar-refractivity contribution < 1.29 is 14.3 Å². The van der Waals surface area contributed by atoms with Gasteiger partial charge in [0.25, 0.3) is 0 Å². The van der Waals surface area contributed by atoms with E-state index in [1.165, 1.54) is 17.0 Å². The number of carbonyl (C=O) groups is 1. The van der Waals surface area contributed by atoms with E-state index >= 15 is 0 Å². The molecule has 152 valence electrons. The highest BCUT2D eigenvalue weighted by atomic mass is 32.1. The average molecular weight is 413 g/mol. The van der Waals surface area contributed by atoms with Crippen LogP contribution in [0.1, 0.15) is 18.7 Å². The summed E-state index contributed by atoms with van der Waals surface area (Å²) < 4.78 is 12.9. The molecule has 3 heterocycles. The van der Waals surface area contributed by atoms with Gasteiger partial charge in [-0.2, -0.15) is 0 Å². The summed E-state index contributed by atoms with van der Waals surface area (Å²) in [7, 11) is 3.23. The number of nitrogens with zero attached hydrogens (tertiary/aromatic N) is 3. The Morgan fingerprint density at radius 2 is 2.14 bits per heavy atom. The second-order valence-corrected chi connectivity index (χ2v) is 7.78. The molecular weight excluding hydrogens is 388 g/mol. The molecule has 7 nitrogen and oxygen atoms in total. The van der Waals surface area contributed by atoms with E-state index in [4.69, 9.17) is 9.47 Å². The molecule has 0 radical (unpaired) electrons. The number of ether oxygens (including phenoxy) is 2. The number of nitrogens with one attached hydrogen (secondary N) is 1. The molecule has 1 unspecified atom stereocenters. The molecule has 1 aliphatic rings. The van der Waals surface area contributed by atoms with Crippen molar-refractivity contribution in [1.29, 1.82) is 0 Å². The summed E-state index contributed by atoms with van der Waals surface area (Å²) in [6.45, 7) is 4.23. The number of anilines is 1. The first kappa shape index (κ1) is 19.5. The predicted molar refractivity (Wildman–Crippen MR) is 114 cm³/mol. The zero-order valence-corrected chi connectivity index (χ0v) is 17.5. The Morgan fingerprint density at radius 3 is 2.93 bits per heavy atom. The van der Waals surface area contributed by atoms with Crippen molar-refractivity contribution in [1.82, 2.24) is 14.5 Å². The summed E-state index contributed by atoms with van der Waals surface area (Å²) in [5, 5.41) is 5.42. The van der Waals surface area contributed by atoms with E-state index in [2.05, 4.69) is 45.0 Å². The van der Waals surface area contributed by atoms with Crippen LogP contribution in [0.5, 0.6) is 11.5 Å². The first-order chi connectivity index (χ1) is 14.1. The molecule has 0 spiro atoms. The zero-order valence-electron chi connectivity index (χ0n) is 16.7. The van der Waals surface area contributed by atoms with Crippen LogP contribution in [-0.2, 0) is 11.3 Å². The molecule has 0 fully saturated rings. The Balaban J connectivity index is 1.42. The normalized spacial score (nSPS) is 16.3. The summed E-state index contributed by atoms with van der Waals surface area (Å²) in [4.78, 5) is 19.3. The van der Waals surface area contributed by atoms with Crippen LogP contribution < -0.4 is 14.8 Å². The van der Waals surface area contributed by atoms with Gasteiger partial charge in [0.2, 0.25) is 5.91 Å². The standard InChI is InChI=1S/C21H24N4O3S/c1-14-18-5-4-8-24(18)9-10-25(14)12-20(26)23-21-22-17(13-29-21)16-7-6-15(27-2)11-19(16)28-3/h4-8,11,13-14H,9-10,12H2,1-3H3,(H,22,23,26). The van der Waals surface area contributed by atoms with E-state index in [1.807, 2.05) is 23.6 Å². The van der Waals surface area contributed by atoms with Crippen LogP contribution in [0.25, 0.3) is 11.3 Å². The molecule has 3 aromatic rings. The number of aromatic nitrogens is 2. The third-order valence-corrected chi connectivity index (χ3v) is 6.01. The topological polar surface area (TPSA) is 68.6 Å². The second kappa shape index (κ2) is 8.26. The van der Waals surface area contributed by atoms with Crippen molar-refractivity contribution in [2.45, 2.75) is 19.5 Å². The fourth-order valence-corrected chi connectivity index (χ4v) is 4.38. The van der Waals surface area contributed by atoms with Crippen molar-refractivity contribution in [2.24, 2.45) is 0 Å². The van der Waals surface area contributed by atoms with Crippen LogP contribution in [0.4, 0.5) is 5.13 Å². The third-order valence-electron chi connectivity index (χ3n) is 5.25. The smallest absolute Gasteiger partial charge is 0.240 e. The first-order valence-corrected chi connectivity index (χ1v) is 10.3. The SMILES string of the molecule is COc1ccc(-c2csc(NC(=O)CN3CCn4cccc4C3C)n2)c(OC)c1. The summed E-state index contributed by atoms with van der Waals surface area (Å²) in [5.74, 6) is 1.34. The lowest BCUT2D eigenvalue weighted by atomic mass is 10.1. The highest BCUT2D eigenvalue weighted by Crippen LogP contribution is 2.35. The minimum atomic E-state index is -0.0561. The number of fused-ring (bicyclic) bond motifs is 1. The number of hydrogen-bond donors (Lipinski definition) is 1. The third kappa shape index (κ3) is 3.99. The van der Waals surface area contributed by atoms with Gasteiger partial charge >= 0.3 is 0 Å². The number of amides is 1. The summed E-state index contributed by atoms with van der Waals surface area (Å²) in [6, 6.07) is 9.97. The van der Waals surface area contributed by atoms with Gasteiger partial charge in [-0.15, -0.1) is 11.3 Å². The van der Waals surface area contributed by atoms with Crippen LogP contribution in [0.2, 0.25) is 0 Å². The van der Waals surface area contributed by atoms with E-state index in [9.17, 15) is 4.79 Å². The van der Waals surface area contributed by atoms with Crippen molar-refractivity contribution in [3.8, 4) is 22.8 Å². The van der Waals surface area contributed by atoms with Crippen LogP contribution >= 0.6 is 11.3 Å². The number of thiazole rings is 1. The van der Waals surface area contributed by atoms with Crippen LogP contribution in [0.3, 0.4) is 0 Å².